The van der Waals surface area contributed by atoms with Gasteiger partial charge in [0.15, 0.2) is 0 Å². The maximum Gasteiger partial charge on any atom is 0.0799 e. The van der Waals surface area contributed by atoms with E-state index in [9.17, 15) is 10.2 Å². The van der Waals surface area contributed by atoms with Gasteiger partial charge < -0.3 is 15.1 Å². The topological polar surface area (TPSA) is 56.6 Å². The smallest absolute Gasteiger partial charge is 0.0799 e. The van der Waals surface area contributed by atoms with Crippen molar-refractivity contribution in [2.75, 3.05) is 18.6 Å². The molecule has 0 saturated heterocycles. The van der Waals surface area contributed by atoms with Crippen LogP contribution in [0, 0.1) is 0 Å². The third-order valence-electron chi connectivity index (χ3n) is 3.67. The van der Waals surface area contributed by atoms with Gasteiger partial charge in [-0.1, -0.05) is 24.3 Å². The van der Waals surface area contributed by atoms with Crippen molar-refractivity contribution in [2.45, 2.75) is 25.0 Å². The standard InChI is InChI=1S/C17H22N2O2/c1-19(15-8-3-2-4-9-15)16(10-12-20)17(21)13-14-7-5-6-11-18-14/h2-9,11,16-17,20-21H,10,12-13H2,1H3. The molecule has 4 nitrogen and oxygen atoms in total. The molecule has 0 aliphatic rings. The Labute approximate surface area is 125 Å². The Morgan fingerprint density at radius 3 is 2.43 bits per heavy atom. The molecule has 0 fully saturated rings. The zero-order valence-corrected chi connectivity index (χ0v) is 12.3. The number of hydrogen-bond acceptors (Lipinski definition) is 4. The maximum absolute atomic E-state index is 10.5. The Morgan fingerprint density at radius 1 is 1.10 bits per heavy atom. The molecule has 0 aliphatic heterocycles. The summed E-state index contributed by atoms with van der Waals surface area (Å²) >= 11 is 0. The van der Waals surface area contributed by atoms with E-state index < -0.39 is 6.10 Å². The summed E-state index contributed by atoms with van der Waals surface area (Å²) < 4.78 is 0. The van der Waals surface area contributed by atoms with Gasteiger partial charge in [0, 0.05) is 37.7 Å². The summed E-state index contributed by atoms with van der Waals surface area (Å²) in [5.41, 5.74) is 1.88. The van der Waals surface area contributed by atoms with Crippen molar-refractivity contribution in [1.29, 1.82) is 0 Å². The van der Waals surface area contributed by atoms with Crippen LogP contribution in [-0.2, 0) is 6.42 Å². The molecule has 2 unspecified atom stereocenters. The van der Waals surface area contributed by atoms with Gasteiger partial charge in [-0.05, 0) is 30.7 Å². The minimum absolute atomic E-state index is 0.0428. The normalized spacial score (nSPS) is 13.7. The number of likely N-dealkylation sites (N-methyl/N-ethyl adjacent to an activating group) is 1. The minimum atomic E-state index is -0.586. The van der Waals surface area contributed by atoms with Gasteiger partial charge in [0.2, 0.25) is 0 Å². The lowest BCUT2D eigenvalue weighted by Crippen LogP contribution is -2.43. The van der Waals surface area contributed by atoms with E-state index in [4.69, 9.17) is 0 Å². The van der Waals surface area contributed by atoms with Gasteiger partial charge in [0.25, 0.3) is 0 Å². The van der Waals surface area contributed by atoms with E-state index in [-0.39, 0.29) is 12.6 Å². The maximum atomic E-state index is 10.5. The summed E-state index contributed by atoms with van der Waals surface area (Å²) in [7, 11) is 1.94. The Balaban J connectivity index is 2.10. The van der Waals surface area contributed by atoms with E-state index in [2.05, 4.69) is 4.98 Å². The molecule has 2 aromatic rings. The van der Waals surface area contributed by atoms with Crippen LogP contribution in [0.1, 0.15) is 12.1 Å². The van der Waals surface area contributed by atoms with Gasteiger partial charge in [-0.25, -0.2) is 0 Å². The van der Waals surface area contributed by atoms with Crippen LogP contribution in [0.4, 0.5) is 5.69 Å². The Bertz CT molecular complexity index is 519. The molecular weight excluding hydrogens is 264 g/mol. The highest BCUT2D eigenvalue weighted by molar-refractivity contribution is 5.46. The number of hydrogen-bond donors (Lipinski definition) is 2. The molecule has 0 radical (unpaired) electrons. The van der Waals surface area contributed by atoms with Gasteiger partial charge in [0.05, 0.1) is 12.1 Å². The lowest BCUT2D eigenvalue weighted by Gasteiger charge is -2.33. The molecule has 2 N–H and O–H groups in total. The third kappa shape index (κ3) is 4.28. The molecular formula is C17H22N2O2. The lowest BCUT2D eigenvalue weighted by molar-refractivity contribution is 0.124. The van der Waals surface area contributed by atoms with Crippen LogP contribution in [0.25, 0.3) is 0 Å². The fourth-order valence-electron chi connectivity index (χ4n) is 2.50. The average molecular weight is 286 g/mol. The van der Waals surface area contributed by atoms with Crippen molar-refractivity contribution in [2.24, 2.45) is 0 Å². The molecule has 1 aromatic carbocycles. The van der Waals surface area contributed by atoms with E-state index in [1.807, 2.05) is 60.5 Å². The summed E-state index contributed by atoms with van der Waals surface area (Å²) in [6, 6.07) is 15.4. The molecule has 112 valence electrons. The van der Waals surface area contributed by atoms with E-state index in [1.54, 1.807) is 6.20 Å². The summed E-state index contributed by atoms with van der Waals surface area (Å²) in [6.07, 6.45) is 2.13. The number of para-hydroxylation sites is 1. The van der Waals surface area contributed by atoms with Gasteiger partial charge in [-0.3, -0.25) is 4.98 Å². The number of aliphatic hydroxyl groups excluding tert-OH is 2. The number of anilines is 1. The highest BCUT2D eigenvalue weighted by Gasteiger charge is 2.24. The van der Waals surface area contributed by atoms with Gasteiger partial charge in [0.1, 0.15) is 0 Å². The first-order chi connectivity index (χ1) is 10.2. The van der Waals surface area contributed by atoms with Crippen molar-refractivity contribution < 1.29 is 10.2 Å². The SMILES string of the molecule is CN(c1ccccc1)C(CCO)C(O)Cc1ccccn1. The first kappa shape index (κ1) is 15.5. The van der Waals surface area contributed by atoms with Crippen LogP contribution < -0.4 is 4.90 Å². The first-order valence-electron chi connectivity index (χ1n) is 7.19. The van der Waals surface area contributed by atoms with E-state index >= 15 is 0 Å². The van der Waals surface area contributed by atoms with E-state index in [1.165, 1.54) is 0 Å². The molecule has 0 saturated carbocycles. The highest BCUT2D eigenvalue weighted by atomic mass is 16.3. The predicted molar refractivity (Wildman–Crippen MR) is 84.3 cm³/mol. The number of nitrogens with zero attached hydrogens (tertiary/aromatic N) is 2. The fourth-order valence-corrected chi connectivity index (χ4v) is 2.50. The molecule has 21 heavy (non-hydrogen) atoms. The monoisotopic (exact) mass is 286 g/mol. The molecule has 0 amide bonds. The Kier molecular flexibility index (Phi) is 5.72. The van der Waals surface area contributed by atoms with Crippen LogP contribution in [-0.4, -0.2) is 41.0 Å². The van der Waals surface area contributed by atoms with Crippen LogP contribution in [0.2, 0.25) is 0 Å². The van der Waals surface area contributed by atoms with Crippen molar-refractivity contribution >= 4 is 5.69 Å². The van der Waals surface area contributed by atoms with Gasteiger partial charge in [-0.15, -0.1) is 0 Å². The van der Waals surface area contributed by atoms with E-state index in [0.29, 0.717) is 12.8 Å². The Morgan fingerprint density at radius 2 is 1.81 bits per heavy atom. The van der Waals surface area contributed by atoms with Crippen LogP contribution in [0.15, 0.2) is 54.7 Å². The van der Waals surface area contributed by atoms with Crippen molar-refractivity contribution in [3.63, 3.8) is 0 Å². The second-order valence-corrected chi connectivity index (χ2v) is 5.12. The third-order valence-corrected chi connectivity index (χ3v) is 3.67. The number of aliphatic hydroxyl groups is 2. The van der Waals surface area contributed by atoms with Gasteiger partial charge in [-0.2, -0.15) is 0 Å². The summed E-state index contributed by atoms with van der Waals surface area (Å²) in [5, 5.41) is 19.8. The van der Waals surface area contributed by atoms with E-state index in [0.717, 1.165) is 11.4 Å². The van der Waals surface area contributed by atoms with Crippen LogP contribution in [0.5, 0.6) is 0 Å². The van der Waals surface area contributed by atoms with Crippen molar-refractivity contribution in [3.05, 3.63) is 60.4 Å². The number of rotatable bonds is 7. The minimum Gasteiger partial charge on any atom is -0.396 e. The summed E-state index contributed by atoms with van der Waals surface area (Å²) in [5.74, 6) is 0. The molecule has 0 aliphatic carbocycles. The quantitative estimate of drug-likeness (QED) is 0.816. The number of pyridine rings is 1. The number of aromatic nitrogens is 1. The zero-order chi connectivity index (χ0) is 15.1. The zero-order valence-electron chi connectivity index (χ0n) is 12.3. The van der Waals surface area contributed by atoms with Crippen LogP contribution in [0.3, 0.4) is 0 Å². The summed E-state index contributed by atoms with van der Waals surface area (Å²) in [4.78, 5) is 6.27. The fraction of sp³-hybridized carbons (Fsp3) is 0.353. The lowest BCUT2D eigenvalue weighted by atomic mass is 10.0. The average Bonchev–Trinajstić information content (AvgIpc) is 2.53. The van der Waals surface area contributed by atoms with Crippen molar-refractivity contribution in [1.82, 2.24) is 4.98 Å². The van der Waals surface area contributed by atoms with Gasteiger partial charge >= 0.3 is 0 Å². The molecule has 2 rings (SSSR count). The molecule has 1 heterocycles. The molecule has 4 heteroatoms. The Hall–Kier alpha value is -1.91. The molecule has 0 bridgehead atoms. The number of benzene rings is 1. The predicted octanol–water partition coefficient (Wildman–Crippen LogP) is 1.87. The van der Waals surface area contributed by atoms with Crippen molar-refractivity contribution in [3.8, 4) is 0 Å². The molecule has 0 spiro atoms. The largest absolute Gasteiger partial charge is 0.396 e. The highest BCUT2D eigenvalue weighted by Crippen LogP contribution is 2.19. The summed E-state index contributed by atoms with van der Waals surface area (Å²) in [6.45, 7) is 0.0428. The molecule has 1 aromatic heterocycles. The second-order valence-electron chi connectivity index (χ2n) is 5.12. The van der Waals surface area contributed by atoms with Crippen LogP contribution >= 0.6 is 0 Å². The molecule has 2 atom stereocenters. The first-order valence-corrected chi connectivity index (χ1v) is 7.19. The second kappa shape index (κ2) is 7.76.